The molecule has 1 saturated heterocycles. The molecule has 0 saturated carbocycles. The van der Waals surface area contributed by atoms with Crippen LogP contribution in [0.15, 0.2) is 17.2 Å². The summed E-state index contributed by atoms with van der Waals surface area (Å²) in [4.78, 5) is 19.1. The van der Waals surface area contributed by atoms with Gasteiger partial charge in [0, 0.05) is 32.0 Å². The Hall–Kier alpha value is -1.36. The minimum absolute atomic E-state index is 0.0435. The van der Waals surface area contributed by atoms with E-state index in [1.54, 1.807) is 17.0 Å². The molecule has 1 N–H and O–H groups in total. The summed E-state index contributed by atoms with van der Waals surface area (Å²) in [6.45, 7) is 11.0. The second-order valence-corrected chi connectivity index (χ2v) is 6.33. The number of nitrogens with zero attached hydrogens (tertiary/aromatic N) is 3. The van der Waals surface area contributed by atoms with Crippen molar-refractivity contribution in [2.75, 3.05) is 31.1 Å². The van der Waals surface area contributed by atoms with Crippen LogP contribution in [0.4, 0.5) is 5.82 Å². The number of rotatable bonds is 6. The lowest BCUT2D eigenvalue weighted by Gasteiger charge is -2.29. The Bertz CT molecular complexity index is 491. The summed E-state index contributed by atoms with van der Waals surface area (Å²) in [7, 11) is 0. The fourth-order valence-corrected chi connectivity index (χ4v) is 2.93. The Morgan fingerprint density at radius 2 is 2.14 bits per heavy atom. The van der Waals surface area contributed by atoms with E-state index in [2.05, 4.69) is 36.0 Å². The standard InChI is InChI=1S/C16H28N4O/c1-4-19(12-14-5-7-17-8-6-14)15-16(21)20(10-9-18-15)11-13(2)3/h9-10,13-14,17H,4-8,11-12H2,1-3H3. The maximum absolute atomic E-state index is 12.6. The Balaban J connectivity index is 2.15. The van der Waals surface area contributed by atoms with Gasteiger partial charge in [0.1, 0.15) is 0 Å². The van der Waals surface area contributed by atoms with E-state index < -0.39 is 0 Å². The highest BCUT2D eigenvalue weighted by atomic mass is 16.1. The van der Waals surface area contributed by atoms with Gasteiger partial charge in [0.05, 0.1) is 0 Å². The van der Waals surface area contributed by atoms with Crippen molar-refractivity contribution >= 4 is 5.82 Å². The molecule has 1 aromatic heterocycles. The van der Waals surface area contributed by atoms with Gasteiger partial charge >= 0.3 is 0 Å². The van der Waals surface area contributed by atoms with E-state index >= 15 is 0 Å². The average Bonchev–Trinajstić information content (AvgIpc) is 2.48. The smallest absolute Gasteiger partial charge is 0.293 e. The molecule has 5 nitrogen and oxygen atoms in total. The molecule has 0 amide bonds. The van der Waals surface area contributed by atoms with Crippen LogP contribution in [0.1, 0.15) is 33.6 Å². The first-order valence-electron chi connectivity index (χ1n) is 8.13. The van der Waals surface area contributed by atoms with Gasteiger partial charge in [-0.1, -0.05) is 13.8 Å². The lowest BCUT2D eigenvalue weighted by Crippen LogP contribution is -2.40. The fraction of sp³-hybridized carbons (Fsp3) is 0.750. The topological polar surface area (TPSA) is 50.2 Å². The van der Waals surface area contributed by atoms with Crippen molar-refractivity contribution in [3.8, 4) is 0 Å². The van der Waals surface area contributed by atoms with Crippen LogP contribution < -0.4 is 15.8 Å². The molecule has 2 rings (SSSR count). The quantitative estimate of drug-likeness (QED) is 0.867. The van der Waals surface area contributed by atoms with Crippen molar-refractivity contribution in [1.29, 1.82) is 0 Å². The van der Waals surface area contributed by atoms with Gasteiger partial charge < -0.3 is 14.8 Å². The molecule has 0 aliphatic carbocycles. The van der Waals surface area contributed by atoms with Crippen molar-refractivity contribution in [3.63, 3.8) is 0 Å². The second kappa shape index (κ2) is 7.59. The Morgan fingerprint density at radius 1 is 1.43 bits per heavy atom. The highest BCUT2D eigenvalue weighted by Gasteiger charge is 2.19. The highest BCUT2D eigenvalue weighted by Crippen LogP contribution is 2.16. The zero-order valence-electron chi connectivity index (χ0n) is 13.5. The van der Waals surface area contributed by atoms with E-state index in [0.717, 1.165) is 32.7 Å². The normalized spacial score (nSPS) is 16.4. The van der Waals surface area contributed by atoms with E-state index in [9.17, 15) is 4.79 Å². The maximum Gasteiger partial charge on any atom is 0.293 e. The summed E-state index contributed by atoms with van der Waals surface area (Å²) in [6.07, 6.45) is 5.92. The molecule has 0 bridgehead atoms. The largest absolute Gasteiger partial charge is 0.352 e. The summed E-state index contributed by atoms with van der Waals surface area (Å²) < 4.78 is 1.79. The summed E-state index contributed by atoms with van der Waals surface area (Å²) in [5.74, 6) is 1.72. The highest BCUT2D eigenvalue weighted by molar-refractivity contribution is 5.35. The van der Waals surface area contributed by atoms with Crippen LogP contribution in [0.3, 0.4) is 0 Å². The molecule has 1 aromatic rings. The van der Waals surface area contributed by atoms with E-state index in [1.807, 2.05) is 0 Å². The van der Waals surface area contributed by atoms with Crippen LogP contribution in [0.25, 0.3) is 0 Å². The Labute approximate surface area is 127 Å². The molecule has 0 spiro atoms. The van der Waals surface area contributed by atoms with Gasteiger partial charge in [-0.2, -0.15) is 0 Å². The third-order valence-corrected chi connectivity index (χ3v) is 4.08. The summed E-state index contributed by atoms with van der Waals surface area (Å²) >= 11 is 0. The first-order valence-corrected chi connectivity index (χ1v) is 8.13. The van der Waals surface area contributed by atoms with Gasteiger partial charge in [-0.3, -0.25) is 4.79 Å². The SMILES string of the molecule is CCN(CC1CCNCC1)c1nccn(CC(C)C)c1=O. The van der Waals surface area contributed by atoms with Gasteiger partial charge in [-0.05, 0) is 44.7 Å². The van der Waals surface area contributed by atoms with Gasteiger partial charge in [0.25, 0.3) is 5.56 Å². The van der Waals surface area contributed by atoms with Gasteiger partial charge in [-0.25, -0.2) is 4.98 Å². The lowest BCUT2D eigenvalue weighted by atomic mass is 9.97. The lowest BCUT2D eigenvalue weighted by molar-refractivity contribution is 0.373. The molecule has 118 valence electrons. The number of piperidine rings is 1. The van der Waals surface area contributed by atoms with Crippen LogP contribution in [0.5, 0.6) is 0 Å². The molecular weight excluding hydrogens is 264 g/mol. The van der Waals surface area contributed by atoms with Crippen LogP contribution in [-0.4, -0.2) is 35.7 Å². The molecule has 1 aliphatic heterocycles. The van der Waals surface area contributed by atoms with E-state index in [0.29, 0.717) is 17.7 Å². The molecule has 2 heterocycles. The van der Waals surface area contributed by atoms with E-state index in [1.165, 1.54) is 12.8 Å². The molecule has 5 heteroatoms. The number of hydrogen-bond donors (Lipinski definition) is 1. The first kappa shape index (κ1) is 16.0. The average molecular weight is 292 g/mol. The predicted octanol–water partition coefficient (Wildman–Crippen LogP) is 1.73. The summed E-state index contributed by atoms with van der Waals surface area (Å²) in [6, 6.07) is 0. The van der Waals surface area contributed by atoms with Crippen LogP contribution in [0.2, 0.25) is 0 Å². The molecule has 21 heavy (non-hydrogen) atoms. The fourth-order valence-electron chi connectivity index (χ4n) is 2.93. The molecule has 0 unspecified atom stereocenters. The minimum atomic E-state index is 0.0435. The molecule has 1 aliphatic rings. The second-order valence-electron chi connectivity index (χ2n) is 6.33. The Morgan fingerprint density at radius 3 is 2.76 bits per heavy atom. The molecule has 0 atom stereocenters. The predicted molar refractivity (Wildman–Crippen MR) is 86.8 cm³/mol. The zero-order chi connectivity index (χ0) is 15.2. The van der Waals surface area contributed by atoms with Crippen LogP contribution in [-0.2, 0) is 6.54 Å². The van der Waals surface area contributed by atoms with Gasteiger partial charge in [0.2, 0.25) is 0 Å². The Kier molecular flexibility index (Phi) is 5.79. The third-order valence-electron chi connectivity index (χ3n) is 4.08. The van der Waals surface area contributed by atoms with Crippen LogP contribution >= 0.6 is 0 Å². The van der Waals surface area contributed by atoms with Crippen molar-refractivity contribution in [1.82, 2.24) is 14.9 Å². The summed E-state index contributed by atoms with van der Waals surface area (Å²) in [5, 5.41) is 3.39. The monoisotopic (exact) mass is 292 g/mol. The number of anilines is 1. The molecule has 1 fully saturated rings. The number of aromatic nitrogens is 2. The van der Waals surface area contributed by atoms with Crippen molar-refractivity contribution in [3.05, 3.63) is 22.7 Å². The summed E-state index contributed by atoms with van der Waals surface area (Å²) in [5.41, 5.74) is 0.0435. The maximum atomic E-state index is 12.6. The van der Waals surface area contributed by atoms with Crippen molar-refractivity contribution in [2.45, 2.75) is 40.2 Å². The number of nitrogens with one attached hydrogen (secondary N) is 1. The minimum Gasteiger partial charge on any atom is -0.352 e. The molecular formula is C16H28N4O. The molecule has 0 aromatic carbocycles. The van der Waals surface area contributed by atoms with Gasteiger partial charge in [0.15, 0.2) is 5.82 Å². The van der Waals surface area contributed by atoms with E-state index in [-0.39, 0.29) is 5.56 Å². The van der Waals surface area contributed by atoms with Crippen molar-refractivity contribution < 1.29 is 0 Å². The van der Waals surface area contributed by atoms with Gasteiger partial charge in [-0.15, -0.1) is 0 Å². The van der Waals surface area contributed by atoms with Crippen molar-refractivity contribution in [2.24, 2.45) is 11.8 Å². The van der Waals surface area contributed by atoms with E-state index in [4.69, 9.17) is 0 Å². The van der Waals surface area contributed by atoms with Crippen LogP contribution in [0, 0.1) is 11.8 Å². The molecule has 0 radical (unpaired) electrons. The first-order chi connectivity index (χ1) is 10.1. The third kappa shape index (κ3) is 4.30. The zero-order valence-corrected chi connectivity index (χ0v) is 13.5. The number of hydrogen-bond acceptors (Lipinski definition) is 4.